The van der Waals surface area contributed by atoms with Gasteiger partial charge in [-0.15, -0.1) is 11.7 Å². The van der Waals surface area contributed by atoms with Gasteiger partial charge in [0.15, 0.2) is 0 Å². The molecule has 106 valence electrons. The molecule has 5 nitrogen and oxygen atoms in total. The van der Waals surface area contributed by atoms with Crippen LogP contribution in [0, 0.1) is 13.8 Å². The van der Waals surface area contributed by atoms with Crippen molar-refractivity contribution in [3.63, 3.8) is 0 Å². The minimum absolute atomic E-state index is 0.350. The maximum Gasteiger partial charge on any atom is 0.132 e. The third-order valence-corrected chi connectivity index (χ3v) is 3.33. The zero-order valence-corrected chi connectivity index (χ0v) is 12.0. The molecule has 0 radical (unpaired) electrons. The smallest absolute Gasteiger partial charge is 0.132 e. The van der Waals surface area contributed by atoms with E-state index < -0.39 is 0 Å². The summed E-state index contributed by atoms with van der Waals surface area (Å²) in [7, 11) is 0. The van der Waals surface area contributed by atoms with Gasteiger partial charge in [0.05, 0.1) is 6.54 Å². The Morgan fingerprint density at radius 1 is 1.40 bits per heavy atom. The second-order valence-electron chi connectivity index (χ2n) is 4.64. The average Bonchev–Trinajstić information content (AvgIpc) is 2.83. The van der Waals surface area contributed by atoms with Crippen molar-refractivity contribution in [2.75, 3.05) is 0 Å². The van der Waals surface area contributed by atoms with Gasteiger partial charge >= 0.3 is 0 Å². The molecule has 0 fully saturated rings. The van der Waals surface area contributed by atoms with Gasteiger partial charge in [-0.1, -0.05) is 23.4 Å². The second-order valence-corrected chi connectivity index (χ2v) is 4.64. The predicted octanol–water partition coefficient (Wildman–Crippen LogP) is 2.12. The third kappa shape index (κ3) is 2.88. The van der Waals surface area contributed by atoms with Gasteiger partial charge in [-0.2, -0.15) is 0 Å². The highest BCUT2D eigenvalue weighted by atomic mass is 16.5. The Morgan fingerprint density at radius 3 is 2.90 bits per heavy atom. The number of hydrogen-bond donors (Lipinski definition) is 1. The summed E-state index contributed by atoms with van der Waals surface area (Å²) in [6.07, 6.45) is 1.77. The highest BCUT2D eigenvalue weighted by molar-refractivity contribution is 5.38. The zero-order valence-electron chi connectivity index (χ0n) is 12.0. The van der Waals surface area contributed by atoms with Crippen LogP contribution in [0.25, 0.3) is 0 Å². The number of hydrogen-bond acceptors (Lipinski definition) is 4. The Kier molecular flexibility index (Phi) is 4.53. The molecule has 0 spiro atoms. The number of rotatable bonds is 6. The van der Waals surface area contributed by atoms with Crippen LogP contribution in [-0.4, -0.2) is 15.0 Å². The van der Waals surface area contributed by atoms with Crippen molar-refractivity contribution in [2.45, 2.75) is 33.5 Å². The molecule has 0 unspecified atom stereocenters. The zero-order chi connectivity index (χ0) is 14.5. The number of ether oxygens (including phenoxy) is 1. The van der Waals surface area contributed by atoms with E-state index in [1.807, 2.05) is 19.1 Å². The lowest BCUT2D eigenvalue weighted by Gasteiger charge is -2.12. The number of nitrogens with zero attached hydrogens (tertiary/aromatic N) is 3. The summed E-state index contributed by atoms with van der Waals surface area (Å²) in [5.41, 5.74) is 9.69. The lowest BCUT2D eigenvalue weighted by molar-refractivity contribution is 0.290. The fraction of sp³-hybridized carbons (Fsp3) is 0.333. The van der Waals surface area contributed by atoms with Crippen LogP contribution in [0.4, 0.5) is 0 Å². The minimum Gasteiger partial charge on any atom is -0.487 e. The number of benzene rings is 1. The quantitative estimate of drug-likeness (QED) is 0.818. The summed E-state index contributed by atoms with van der Waals surface area (Å²) in [4.78, 5) is 0. The van der Waals surface area contributed by atoms with Crippen molar-refractivity contribution in [1.82, 2.24) is 15.0 Å². The largest absolute Gasteiger partial charge is 0.487 e. The van der Waals surface area contributed by atoms with Crippen molar-refractivity contribution in [2.24, 2.45) is 5.73 Å². The Hall–Kier alpha value is -2.14. The van der Waals surface area contributed by atoms with Gasteiger partial charge in [0, 0.05) is 6.54 Å². The summed E-state index contributed by atoms with van der Waals surface area (Å²) < 4.78 is 7.67. The van der Waals surface area contributed by atoms with E-state index in [0.29, 0.717) is 19.7 Å². The van der Waals surface area contributed by atoms with Crippen LogP contribution >= 0.6 is 0 Å². The first-order chi connectivity index (χ1) is 9.67. The monoisotopic (exact) mass is 272 g/mol. The van der Waals surface area contributed by atoms with Gasteiger partial charge in [0.1, 0.15) is 23.7 Å². The average molecular weight is 272 g/mol. The number of aromatic nitrogens is 3. The van der Waals surface area contributed by atoms with E-state index in [1.54, 1.807) is 10.8 Å². The number of aryl methyl sites for hydroxylation is 1. The maximum atomic E-state index is 5.90. The van der Waals surface area contributed by atoms with Gasteiger partial charge in [-0.25, -0.2) is 4.68 Å². The van der Waals surface area contributed by atoms with E-state index in [9.17, 15) is 0 Å². The van der Waals surface area contributed by atoms with E-state index in [4.69, 9.17) is 10.5 Å². The van der Waals surface area contributed by atoms with Crippen LogP contribution in [0.3, 0.4) is 0 Å². The molecule has 1 aromatic heterocycles. The molecule has 2 rings (SSSR count). The first kappa shape index (κ1) is 14.3. The van der Waals surface area contributed by atoms with E-state index >= 15 is 0 Å². The van der Waals surface area contributed by atoms with Crippen molar-refractivity contribution in [1.29, 1.82) is 0 Å². The van der Waals surface area contributed by atoms with Crippen LogP contribution in [-0.2, 0) is 19.7 Å². The highest BCUT2D eigenvalue weighted by Crippen LogP contribution is 2.22. The summed E-state index contributed by atoms with van der Waals surface area (Å²) in [5, 5.41) is 8.13. The van der Waals surface area contributed by atoms with Gasteiger partial charge in [0.25, 0.3) is 0 Å². The molecular formula is C15H20N4O. The van der Waals surface area contributed by atoms with E-state index in [0.717, 1.165) is 22.7 Å². The van der Waals surface area contributed by atoms with Crippen LogP contribution in [0.5, 0.6) is 5.75 Å². The molecule has 0 aliphatic heterocycles. The number of nitrogens with two attached hydrogens (primary N) is 1. The predicted molar refractivity (Wildman–Crippen MR) is 78.4 cm³/mol. The summed E-state index contributed by atoms with van der Waals surface area (Å²) in [6.45, 7) is 9.18. The van der Waals surface area contributed by atoms with Crippen molar-refractivity contribution >= 4 is 0 Å². The molecule has 0 bridgehead atoms. The molecular weight excluding hydrogens is 252 g/mol. The molecule has 0 saturated carbocycles. The highest BCUT2D eigenvalue weighted by Gasteiger charge is 2.12. The molecule has 0 atom stereocenters. The Morgan fingerprint density at radius 2 is 2.20 bits per heavy atom. The molecule has 1 aromatic carbocycles. The van der Waals surface area contributed by atoms with Crippen LogP contribution in [0.1, 0.15) is 22.5 Å². The molecule has 0 amide bonds. The van der Waals surface area contributed by atoms with Crippen molar-refractivity contribution < 1.29 is 4.74 Å². The molecule has 1 heterocycles. The Bertz CT molecular complexity index is 604. The lowest BCUT2D eigenvalue weighted by atomic mass is 10.1. The summed E-state index contributed by atoms with van der Waals surface area (Å²) in [6, 6.07) is 6.02. The fourth-order valence-corrected chi connectivity index (χ4v) is 1.98. The normalized spacial score (nSPS) is 10.6. The summed E-state index contributed by atoms with van der Waals surface area (Å²) in [5.74, 6) is 0.874. The SMILES string of the molecule is C=CCn1nnc(CN)c1COc1cccc(C)c1C. The molecule has 0 aliphatic carbocycles. The van der Waals surface area contributed by atoms with Gasteiger partial charge < -0.3 is 10.5 Å². The standard InChI is InChI=1S/C15H20N4O/c1-4-8-19-14(13(9-16)17-18-19)10-20-15-7-5-6-11(2)12(15)3/h4-7H,1,8-10,16H2,2-3H3. The first-order valence-corrected chi connectivity index (χ1v) is 6.58. The molecule has 0 saturated heterocycles. The van der Waals surface area contributed by atoms with Crippen LogP contribution < -0.4 is 10.5 Å². The number of allylic oxidation sites excluding steroid dienone is 1. The Balaban J connectivity index is 2.19. The van der Waals surface area contributed by atoms with E-state index in [2.05, 4.69) is 29.9 Å². The van der Waals surface area contributed by atoms with Gasteiger partial charge in [-0.3, -0.25) is 0 Å². The molecule has 2 aromatic rings. The first-order valence-electron chi connectivity index (χ1n) is 6.58. The molecule has 5 heteroatoms. The Labute approximate surface area is 119 Å². The molecule has 20 heavy (non-hydrogen) atoms. The minimum atomic E-state index is 0.350. The van der Waals surface area contributed by atoms with E-state index in [-0.39, 0.29) is 0 Å². The van der Waals surface area contributed by atoms with E-state index in [1.165, 1.54) is 5.56 Å². The molecule has 0 aliphatic rings. The topological polar surface area (TPSA) is 66.0 Å². The van der Waals surface area contributed by atoms with Crippen LogP contribution in [0.2, 0.25) is 0 Å². The third-order valence-electron chi connectivity index (χ3n) is 3.33. The molecule has 2 N–H and O–H groups in total. The van der Waals surface area contributed by atoms with Crippen LogP contribution in [0.15, 0.2) is 30.9 Å². The lowest BCUT2D eigenvalue weighted by Crippen LogP contribution is -2.10. The van der Waals surface area contributed by atoms with Gasteiger partial charge in [0.2, 0.25) is 0 Å². The van der Waals surface area contributed by atoms with Crippen molar-refractivity contribution in [3.8, 4) is 5.75 Å². The maximum absolute atomic E-state index is 5.90. The summed E-state index contributed by atoms with van der Waals surface area (Å²) >= 11 is 0. The fourth-order valence-electron chi connectivity index (χ4n) is 1.98. The second kappa shape index (κ2) is 6.34. The van der Waals surface area contributed by atoms with Gasteiger partial charge in [-0.05, 0) is 31.0 Å². The van der Waals surface area contributed by atoms with Crippen molar-refractivity contribution in [3.05, 3.63) is 53.4 Å².